The van der Waals surface area contributed by atoms with E-state index in [0.29, 0.717) is 25.0 Å². The summed E-state index contributed by atoms with van der Waals surface area (Å²) in [7, 11) is 0. The fourth-order valence-electron chi connectivity index (χ4n) is 1.59. The van der Waals surface area contributed by atoms with Gasteiger partial charge in [0.05, 0.1) is 6.61 Å². The van der Waals surface area contributed by atoms with Gasteiger partial charge in [-0.25, -0.2) is 0 Å². The fraction of sp³-hybridized carbons (Fsp3) is 0.600. The van der Waals surface area contributed by atoms with Crippen LogP contribution < -0.4 is 5.73 Å². The third-order valence-corrected chi connectivity index (χ3v) is 3.01. The van der Waals surface area contributed by atoms with Crippen molar-refractivity contribution in [1.82, 2.24) is 0 Å². The van der Waals surface area contributed by atoms with Gasteiger partial charge in [0.25, 0.3) is 0 Å². The lowest BCUT2D eigenvalue weighted by Gasteiger charge is -2.10. The van der Waals surface area contributed by atoms with Gasteiger partial charge in [-0.15, -0.1) is 0 Å². The number of hydrogen-bond donors (Lipinski definition) is 1. The van der Waals surface area contributed by atoms with Gasteiger partial charge in [0.2, 0.25) is 0 Å². The average molecular weight is 235 g/mol. The maximum Gasteiger partial charge on any atom is 0.0716 e. The molecule has 17 heavy (non-hydrogen) atoms. The third-order valence-electron chi connectivity index (χ3n) is 3.01. The molecule has 2 nitrogen and oxygen atoms in total. The Morgan fingerprint density at radius 1 is 1.12 bits per heavy atom. The largest absolute Gasteiger partial charge is 0.377 e. The number of benzene rings is 1. The number of nitrogens with two attached hydrogens (primary N) is 1. The lowest BCUT2D eigenvalue weighted by atomic mass is 10.0. The minimum Gasteiger partial charge on any atom is -0.377 e. The van der Waals surface area contributed by atoms with E-state index in [-0.39, 0.29) is 0 Å². The Morgan fingerprint density at radius 2 is 1.76 bits per heavy atom. The SMILES string of the molecule is CC(C)CCOCc1ccc(C(C)CN)cc1. The smallest absolute Gasteiger partial charge is 0.0716 e. The molecule has 0 bridgehead atoms. The van der Waals surface area contributed by atoms with E-state index in [0.717, 1.165) is 13.0 Å². The zero-order chi connectivity index (χ0) is 12.7. The third kappa shape index (κ3) is 5.33. The summed E-state index contributed by atoms with van der Waals surface area (Å²) in [5.74, 6) is 1.15. The molecule has 0 spiro atoms. The van der Waals surface area contributed by atoms with Crippen LogP contribution in [0, 0.1) is 5.92 Å². The van der Waals surface area contributed by atoms with E-state index in [1.165, 1.54) is 11.1 Å². The topological polar surface area (TPSA) is 35.2 Å². The van der Waals surface area contributed by atoms with Crippen molar-refractivity contribution in [3.63, 3.8) is 0 Å². The van der Waals surface area contributed by atoms with Crippen molar-refractivity contribution in [2.45, 2.75) is 39.7 Å². The van der Waals surface area contributed by atoms with E-state index < -0.39 is 0 Å². The molecule has 0 fully saturated rings. The molecule has 0 aromatic heterocycles. The maximum absolute atomic E-state index is 5.64. The molecule has 0 saturated carbocycles. The predicted molar refractivity (Wildman–Crippen MR) is 73.0 cm³/mol. The summed E-state index contributed by atoms with van der Waals surface area (Å²) in [5.41, 5.74) is 8.19. The normalized spacial score (nSPS) is 13.0. The summed E-state index contributed by atoms with van der Waals surface area (Å²) in [4.78, 5) is 0. The Bertz CT molecular complexity index is 305. The van der Waals surface area contributed by atoms with E-state index in [9.17, 15) is 0 Å². The van der Waals surface area contributed by atoms with Crippen LogP contribution in [0.15, 0.2) is 24.3 Å². The van der Waals surface area contributed by atoms with Gasteiger partial charge in [-0.1, -0.05) is 45.0 Å². The molecule has 0 aliphatic heterocycles. The molecule has 1 rings (SSSR count). The van der Waals surface area contributed by atoms with Crippen LogP contribution in [0.4, 0.5) is 0 Å². The predicted octanol–water partition coefficient (Wildman–Crippen LogP) is 3.31. The van der Waals surface area contributed by atoms with Crippen molar-refractivity contribution in [3.05, 3.63) is 35.4 Å². The number of ether oxygens (including phenoxy) is 1. The summed E-state index contributed by atoms with van der Waals surface area (Å²) >= 11 is 0. The zero-order valence-corrected chi connectivity index (χ0v) is 11.3. The van der Waals surface area contributed by atoms with Crippen LogP contribution in [-0.4, -0.2) is 13.2 Å². The highest BCUT2D eigenvalue weighted by Gasteiger charge is 2.02. The van der Waals surface area contributed by atoms with Crippen molar-refractivity contribution in [3.8, 4) is 0 Å². The van der Waals surface area contributed by atoms with Gasteiger partial charge in [-0.05, 0) is 35.9 Å². The summed E-state index contributed by atoms with van der Waals surface area (Å²) < 4.78 is 5.63. The highest BCUT2D eigenvalue weighted by Crippen LogP contribution is 2.15. The second kappa shape index (κ2) is 7.46. The van der Waals surface area contributed by atoms with E-state index in [2.05, 4.69) is 45.0 Å². The van der Waals surface area contributed by atoms with Crippen LogP contribution in [0.25, 0.3) is 0 Å². The Morgan fingerprint density at radius 3 is 2.29 bits per heavy atom. The second-order valence-corrected chi connectivity index (χ2v) is 5.11. The average Bonchev–Trinajstić information content (AvgIpc) is 2.34. The molecule has 1 aromatic rings. The van der Waals surface area contributed by atoms with E-state index in [4.69, 9.17) is 10.5 Å². The van der Waals surface area contributed by atoms with Gasteiger partial charge in [-0.2, -0.15) is 0 Å². The van der Waals surface area contributed by atoms with Gasteiger partial charge < -0.3 is 10.5 Å². The molecule has 0 saturated heterocycles. The van der Waals surface area contributed by atoms with Crippen LogP contribution in [0.5, 0.6) is 0 Å². The molecule has 0 heterocycles. The van der Waals surface area contributed by atoms with Crippen LogP contribution in [0.1, 0.15) is 44.2 Å². The Balaban J connectivity index is 2.35. The lowest BCUT2D eigenvalue weighted by molar-refractivity contribution is 0.110. The summed E-state index contributed by atoms with van der Waals surface area (Å²) in [6.07, 6.45) is 1.13. The van der Waals surface area contributed by atoms with E-state index >= 15 is 0 Å². The Labute approximate surface area is 105 Å². The molecule has 1 atom stereocenters. The van der Waals surface area contributed by atoms with Crippen LogP contribution >= 0.6 is 0 Å². The van der Waals surface area contributed by atoms with E-state index in [1.807, 2.05) is 0 Å². The molecule has 0 aliphatic carbocycles. The highest BCUT2D eigenvalue weighted by atomic mass is 16.5. The second-order valence-electron chi connectivity index (χ2n) is 5.11. The Kier molecular flexibility index (Phi) is 6.23. The molecule has 1 unspecified atom stereocenters. The fourth-order valence-corrected chi connectivity index (χ4v) is 1.59. The molecule has 2 heteroatoms. The molecule has 2 N–H and O–H groups in total. The van der Waals surface area contributed by atoms with Gasteiger partial charge in [0.15, 0.2) is 0 Å². The molecule has 1 aromatic carbocycles. The monoisotopic (exact) mass is 235 g/mol. The molecule has 96 valence electrons. The van der Waals surface area contributed by atoms with Crippen molar-refractivity contribution >= 4 is 0 Å². The first-order chi connectivity index (χ1) is 8.13. The van der Waals surface area contributed by atoms with Crippen LogP contribution in [0.2, 0.25) is 0 Å². The standard InChI is InChI=1S/C15H25NO/c1-12(2)8-9-17-11-14-4-6-15(7-5-14)13(3)10-16/h4-7,12-13H,8-11,16H2,1-3H3. The van der Waals surface area contributed by atoms with Crippen molar-refractivity contribution in [2.24, 2.45) is 11.7 Å². The first kappa shape index (κ1) is 14.2. The molecule has 0 amide bonds. The van der Waals surface area contributed by atoms with Crippen LogP contribution in [0.3, 0.4) is 0 Å². The van der Waals surface area contributed by atoms with Crippen molar-refractivity contribution in [1.29, 1.82) is 0 Å². The van der Waals surface area contributed by atoms with Crippen molar-refractivity contribution in [2.75, 3.05) is 13.2 Å². The minimum absolute atomic E-state index is 0.436. The summed E-state index contributed by atoms with van der Waals surface area (Å²) in [6, 6.07) is 8.57. The van der Waals surface area contributed by atoms with Crippen molar-refractivity contribution < 1.29 is 4.74 Å². The lowest BCUT2D eigenvalue weighted by Crippen LogP contribution is -2.08. The number of rotatable bonds is 7. The van der Waals surface area contributed by atoms with Gasteiger partial charge in [0, 0.05) is 6.61 Å². The molecule has 0 aliphatic rings. The van der Waals surface area contributed by atoms with Gasteiger partial charge >= 0.3 is 0 Å². The zero-order valence-electron chi connectivity index (χ0n) is 11.3. The molecule has 0 radical (unpaired) electrons. The molecular formula is C15H25NO. The Hall–Kier alpha value is -0.860. The number of hydrogen-bond acceptors (Lipinski definition) is 2. The maximum atomic E-state index is 5.64. The quantitative estimate of drug-likeness (QED) is 0.736. The first-order valence-corrected chi connectivity index (χ1v) is 6.50. The summed E-state index contributed by atoms with van der Waals surface area (Å²) in [6.45, 7) is 8.83. The van der Waals surface area contributed by atoms with Gasteiger partial charge in [-0.3, -0.25) is 0 Å². The first-order valence-electron chi connectivity index (χ1n) is 6.50. The minimum atomic E-state index is 0.436. The summed E-state index contributed by atoms with van der Waals surface area (Å²) in [5, 5.41) is 0. The van der Waals surface area contributed by atoms with Gasteiger partial charge in [0.1, 0.15) is 0 Å². The van der Waals surface area contributed by atoms with E-state index in [1.54, 1.807) is 0 Å². The molecular weight excluding hydrogens is 210 g/mol. The van der Waals surface area contributed by atoms with Crippen LogP contribution in [-0.2, 0) is 11.3 Å². The highest BCUT2D eigenvalue weighted by molar-refractivity contribution is 5.24.